The molecule has 2 atom stereocenters. The molecule has 4 heterocycles. The molecule has 0 fully saturated rings. The van der Waals surface area contributed by atoms with E-state index in [4.69, 9.17) is 5.10 Å². The average Bonchev–Trinajstić information content (AvgIpc) is 3.55. The topological polar surface area (TPSA) is 83.7 Å². The van der Waals surface area contributed by atoms with Gasteiger partial charge in [-0.3, -0.25) is 9.48 Å². The summed E-state index contributed by atoms with van der Waals surface area (Å²) in [5, 5.41) is 20.5. The van der Waals surface area contributed by atoms with Crippen molar-refractivity contribution in [1.82, 2.24) is 20.4 Å². The summed E-state index contributed by atoms with van der Waals surface area (Å²) in [7, 11) is 0. The van der Waals surface area contributed by atoms with Crippen LogP contribution in [0.1, 0.15) is 59.1 Å². The maximum Gasteiger partial charge on any atom is 0.250 e. The van der Waals surface area contributed by atoms with Gasteiger partial charge in [0.25, 0.3) is 5.91 Å². The SMILES string of the molecule is CC[C@@]1(c2cccc(-c3cc(-c4ccccc4)nn3C(C)C)c2)C2=CN=NC2NC2=C1C(=O)NC(C)(C)C2. The molecule has 1 unspecified atom stereocenters. The van der Waals surface area contributed by atoms with Gasteiger partial charge in [-0.05, 0) is 51.8 Å². The first-order valence-electron chi connectivity index (χ1n) is 13.4. The summed E-state index contributed by atoms with van der Waals surface area (Å²) in [5.41, 5.74) is 7.04. The number of nitrogens with zero attached hydrogens (tertiary/aromatic N) is 4. The van der Waals surface area contributed by atoms with Crippen LogP contribution in [0.5, 0.6) is 0 Å². The Morgan fingerprint density at radius 2 is 1.82 bits per heavy atom. The van der Waals surface area contributed by atoms with Crippen molar-refractivity contribution < 1.29 is 4.79 Å². The highest BCUT2D eigenvalue weighted by molar-refractivity contribution is 6.00. The van der Waals surface area contributed by atoms with Gasteiger partial charge in [0, 0.05) is 40.4 Å². The van der Waals surface area contributed by atoms with E-state index in [1.165, 1.54) is 0 Å². The van der Waals surface area contributed by atoms with E-state index in [9.17, 15) is 4.79 Å². The molecule has 0 radical (unpaired) electrons. The lowest BCUT2D eigenvalue weighted by Crippen LogP contribution is -2.58. The number of nitrogens with one attached hydrogen (secondary N) is 2. The molecule has 7 heteroatoms. The Labute approximate surface area is 223 Å². The van der Waals surface area contributed by atoms with E-state index >= 15 is 0 Å². The molecule has 0 saturated heterocycles. The van der Waals surface area contributed by atoms with Gasteiger partial charge in [-0.15, -0.1) is 0 Å². The van der Waals surface area contributed by atoms with Crippen molar-refractivity contribution >= 4 is 5.91 Å². The van der Waals surface area contributed by atoms with Crippen molar-refractivity contribution in [3.05, 3.63) is 89.3 Å². The van der Waals surface area contributed by atoms with Crippen LogP contribution in [0.4, 0.5) is 0 Å². The Morgan fingerprint density at radius 3 is 2.55 bits per heavy atom. The second kappa shape index (κ2) is 8.79. The molecule has 2 N–H and O–H groups in total. The highest BCUT2D eigenvalue weighted by atomic mass is 16.2. The van der Waals surface area contributed by atoms with Crippen LogP contribution in [0, 0.1) is 0 Å². The molecular weight excluding hydrogens is 472 g/mol. The minimum absolute atomic E-state index is 0.0270. The molecule has 0 bridgehead atoms. The van der Waals surface area contributed by atoms with Crippen molar-refractivity contribution in [2.24, 2.45) is 10.2 Å². The van der Waals surface area contributed by atoms with E-state index in [1.807, 2.05) is 24.4 Å². The van der Waals surface area contributed by atoms with Crippen LogP contribution in [0.25, 0.3) is 22.5 Å². The van der Waals surface area contributed by atoms with Crippen LogP contribution >= 0.6 is 0 Å². The standard InChI is InChI=1S/C31H34N6O/c1-6-31(23-18-32-35-28(23)33-25-17-30(4,5)34-29(38)27(25)31)22-14-10-13-21(15-22)26-16-24(36-37(26)19(2)3)20-11-8-7-9-12-20/h7-16,18-19,28,33H,6,17H2,1-5H3,(H,34,38)/t28?,31-/m1/s1. The Bertz CT molecular complexity index is 1510. The van der Waals surface area contributed by atoms with Crippen LogP contribution < -0.4 is 10.6 Å². The number of azo groups is 1. The molecule has 38 heavy (non-hydrogen) atoms. The van der Waals surface area contributed by atoms with E-state index in [2.05, 4.69) is 103 Å². The number of hydrogen-bond acceptors (Lipinski definition) is 5. The van der Waals surface area contributed by atoms with Crippen molar-refractivity contribution in [3.8, 4) is 22.5 Å². The number of fused-ring (bicyclic) bond motifs is 1. The fourth-order valence-electron chi connectivity index (χ4n) is 6.30. The fourth-order valence-corrected chi connectivity index (χ4v) is 6.30. The fraction of sp³-hybridized carbons (Fsp3) is 0.355. The molecule has 7 nitrogen and oxygen atoms in total. The summed E-state index contributed by atoms with van der Waals surface area (Å²) in [6.07, 6.45) is 3.02. The first-order chi connectivity index (χ1) is 18.2. The van der Waals surface area contributed by atoms with Crippen LogP contribution in [-0.2, 0) is 10.2 Å². The molecule has 0 spiro atoms. The molecule has 2 aromatic carbocycles. The summed E-state index contributed by atoms with van der Waals surface area (Å²) in [4.78, 5) is 13.7. The Kier molecular flexibility index (Phi) is 5.63. The highest BCUT2D eigenvalue weighted by Gasteiger charge is 2.53. The van der Waals surface area contributed by atoms with Crippen molar-refractivity contribution in [1.29, 1.82) is 0 Å². The smallest absolute Gasteiger partial charge is 0.250 e. The Hall–Kier alpha value is -4.00. The Balaban J connectivity index is 1.53. The molecule has 1 aromatic heterocycles. The molecule has 0 aliphatic carbocycles. The zero-order valence-corrected chi connectivity index (χ0v) is 22.6. The lowest BCUT2D eigenvalue weighted by Gasteiger charge is -2.48. The van der Waals surface area contributed by atoms with Gasteiger partial charge >= 0.3 is 0 Å². The molecule has 194 valence electrons. The third-order valence-corrected chi connectivity index (χ3v) is 7.98. The van der Waals surface area contributed by atoms with Crippen LogP contribution in [0.3, 0.4) is 0 Å². The lowest BCUT2D eigenvalue weighted by atomic mass is 9.62. The van der Waals surface area contributed by atoms with Gasteiger partial charge in [0.05, 0.1) is 28.6 Å². The number of aromatic nitrogens is 2. The zero-order chi connectivity index (χ0) is 26.7. The number of benzene rings is 2. The average molecular weight is 507 g/mol. The van der Waals surface area contributed by atoms with Gasteiger partial charge in [-0.25, -0.2) is 0 Å². The first-order valence-corrected chi connectivity index (χ1v) is 13.4. The Morgan fingerprint density at radius 1 is 1.05 bits per heavy atom. The van der Waals surface area contributed by atoms with Gasteiger partial charge in [0.1, 0.15) is 0 Å². The minimum Gasteiger partial charge on any atom is -0.362 e. The summed E-state index contributed by atoms with van der Waals surface area (Å²) < 4.78 is 2.09. The van der Waals surface area contributed by atoms with Crippen molar-refractivity contribution in [2.75, 3.05) is 0 Å². The van der Waals surface area contributed by atoms with Crippen LogP contribution in [0.2, 0.25) is 0 Å². The third kappa shape index (κ3) is 3.71. The quantitative estimate of drug-likeness (QED) is 0.427. The zero-order valence-electron chi connectivity index (χ0n) is 22.6. The second-order valence-electron chi connectivity index (χ2n) is 11.4. The van der Waals surface area contributed by atoms with Crippen LogP contribution in [-0.4, -0.2) is 27.4 Å². The predicted molar refractivity (Wildman–Crippen MR) is 149 cm³/mol. The first kappa shape index (κ1) is 24.3. The van der Waals surface area contributed by atoms with Gasteiger partial charge < -0.3 is 10.6 Å². The minimum atomic E-state index is -0.629. The maximum absolute atomic E-state index is 13.7. The summed E-state index contributed by atoms with van der Waals surface area (Å²) in [5.74, 6) is -0.0270. The molecule has 3 aromatic rings. The summed E-state index contributed by atoms with van der Waals surface area (Å²) >= 11 is 0. The second-order valence-corrected chi connectivity index (χ2v) is 11.4. The molecule has 3 aliphatic heterocycles. The van der Waals surface area contributed by atoms with E-state index in [0.717, 1.165) is 57.8 Å². The highest BCUT2D eigenvalue weighted by Crippen LogP contribution is 2.51. The van der Waals surface area contributed by atoms with E-state index in [-0.39, 0.29) is 23.7 Å². The molecule has 0 saturated carbocycles. The third-order valence-electron chi connectivity index (χ3n) is 7.98. The largest absolute Gasteiger partial charge is 0.362 e. The van der Waals surface area contributed by atoms with Crippen molar-refractivity contribution in [3.63, 3.8) is 0 Å². The lowest BCUT2D eigenvalue weighted by molar-refractivity contribution is -0.120. The number of carbonyl (C=O) groups excluding carboxylic acids is 1. The van der Waals surface area contributed by atoms with Gasteiger partial charge in [-0.1, -0.05) is 55.5 Å². The van der Waals surface area contributed by atoms with Gasteiger partial charge in [0.15, 0.2) is 6.17 Å². The van der Waals surface area contributed by atoms with Gasteiger partial charge in [-0.2, -0.15) is 15.3 Å². The monoisotopic (exact) mass is 506 g/mol. The van der Waals surface area contributed by atoms with E-state index < -0.39 is 5.41 Å². The molecular formula is C31H34N6O. The number of rotatable bonds is 5. The molecule has 1 amide bonds. The number of amides is 1. The normalized spacial score (nSPS) is 23.6. The van der Waals surface area contributed by atoms with Crippen LogP contribution in [0.15, 0.2) is 93.9 Å². The number of carbonyl (C=O) groups is 1. The van der Waals surface area contributed by atoms with E-state index in [0.29, 0.717) is 0 Å². The van der Waals surface area contributed by atoms with Gasteiger partial charge in [0.2, 0.25) is 0 Å². The predicted octanol–water partition coefficient (Wildman–Crippen LogP) is 6.28. The summed E-state index contributed by atoms with van der Waals surface area (Å²) in [6, 6.07) is 21.2. The molecule has 3 aliphatic rings. The van der Waals surface area contributed by atoms with E-state index in [1.54, 1.807) is 0 Å². The van der Waals surface area contributed by atoms with Crippen molar-refractivity contribution in [2.45, 2.75) is 70.6 Å². The number of hydrogen-bond donors (Lipinski definition) is 2. The molecule has 6 rings (SSSR count). The summed E-state index contributed by atoms with van der Waals surface area (Å²) in [6.45, 7) is 10.6. The maximum atomic E-state index is 13.7.